The van der Waals surface area contributed by atoms with Crippen LogP contribution in [0.4, 0.5) is 0 Å². The third-order valence-corrected chi connectivity index (χ3v) is 5.60. The molecular formula is C18H24N6OS. The van der Waals surface area contributed by atoms with Gasteiger partial charge >= 0.3 is 0 Å². The number of amides is 1. The summed E-state index contributed by atoms with van der Waals surface area (Å²) < 4.78 is 1.69. The van der Waals surface area contributed by atoms with E-state index < -0.39 is 0 Å². The van der Waals surface area contributed by atoms with Crippen molar-refractivity contribution in [1.82, 2.24) is 29.4 Å². The Bertz CT molecular complexity index is 871. The first kappa shape index (κ1) is 18.5. The topological polar surface area (TPSA) is 66.6 Å². The molecule has 0 aromatic carbocycles. The molecule has 0 aliphatic carbocycles. The van der Waals surface area contributed by atoms with Gasteiger partial charge in [-0.2, -0.15) is 5.10 Å². The molecule has 1 amide bonds. The van der Waals surface area contributed by atoms with Gasteiger partial charge in [0.2, 0.25) is 0 Å². The van der Waals surface area contributed by atoms with Gasteiger partial charge in [0.05, 0.1) is 12.2 Å². The van der Waals surface area contributed by atoms with Gasteiger partial charge in [-0.15, -0.1) is 11.3 Å². The predicted molar refractivity (Wildman–Crippen MR) is 102 cm³/mol. The fraction of sp³-hybridized carbons (Fsp3) is 0.444. The van der Waals surface area contributed by atoms with Crippen LogP contribution in [0.5, 0.6) is 0 Å². The van der Waals surface area contributed by atoms with Crippen molar-refractivity contribution in [2.45, 2.75) is 33.4 Å². The van der Waals surface area contributed by atoms with Gasteiger partial charge in [0.15, 0.2) is 5.65 Å². The van der Waals surface area contributed by atoms with E-state index in [2.05, 4.69) is 33.8 Å². The summed E-state index contributed by atoms with van der Waals surface area (Å²) in [5, 5.41) is 7.16. The molecule has 3 heterocycles. The molecule has 8 heteroatoms. The number of hydrogen-bond donors (Lipinski definition) is 0. The van der Waals surface area contributed by atoms with E-state index in [0.29, 0.717) is 11.2 Å². The SMILES string of the molecule is CCN(CC)Cc1cnc2c(C(=O)N(C)C(C)c3nccs3)cnn2c1. The normalized spacial score (nSPS) is 12.7. The van der Waals surface area contributed by atoms with Crippen LogP contribution in [-0.4, -0.2) is 55.4 Å². The average molecular weight is 372 g/mol. The van der Waals surface area contributed by atoms with Crippen LogP contribution in [0.25, 0.3) is 5.65 Å². The molecule has 0 N–H and O–H groups in total. The number of rotatable bonds is 7. The molecule has 3 aromatic rings. The van der Waals surface area contributed by atoms with Crippen molar-refractivity contribution in [3.05, 3.63) is 46.3 Å². The van der Waals surface area contributed by atoms with Crippen LogP contribution in [0, 0.1) is 0 Å². The lowest BCUT2D eigenvalue weighted by Gasteiger charge is -2.22. The van der Waals surface area contributed by atoms with Crippen molar-refractivity contribution < 1.29 is 4.79 Å². The molecule has 0 radical (unpaired) electrons. The van der Waals surface area contributed by atoms with E-state index in [1.54, 1.807) is 40.2 Å². The van der Waals surface area contributed by atoms with Gasteiger partial charge in [0.25, 0.3) is 5.91 Å². The highest BCUT2D eigenvalue weighted by atomic mass is 32.1. The Hall–Kier alpha value is -2.32. The molecule has 1 atom stereocenters. The molecule has 0 fully saturated rings. The molecule has 0 saturated carbocycles. The molecule has 1 unspecified atom stereocenters. The van der Waals surface area contributed by atoms with Crippen molar-refractivity contribution in [3.63, 3.8) is 0 Å². The smallest absolute Gasteiger partial charge is 0.259 e. The van der Waals surface area contributed by atoms with E-state index in [9.17, 15) is 4.79 Å². The highest BCUT2D eigenvalue weighted by Gasteiger charge is 2.24. The molecule has 0 aliphatic rings. The van der Waals surface area contributed by atoms with Gasteiger partial charge in [-0.25, -0.2) is 14.5 Å². The van der Waals surface area contributed by atoms with Gasteiger partial charge in [-0.1, -0.05) is 13.8 Å². The van der Waals surface area contributed by atoms with Crippen LogP contribution in [-0.2, 0) is 6.54 Å². The van der Waals surface area contributed by atoms with Gasteiger partial charge in [-0.05, 0) is 20.0 Å². The summed E-state index contributed by atoms with van der Waals surface area (Å²) in [4.78, 5) is 25.7. The minimum absolute atomic E-state index is 0.0978. The van der Waals surface area contributed by atoms with E-state index in [1.165, 1.54) is 0 Å². The molecule has 0 spiro atoms. The highest BCUT2D eigenvalue weighted by Crippen LogP contribution is 2.23. The number of carbonyl (C=O) groups excluding carboxylic acids is 1. The molecule has 3 rings (SSSR count). The maximum absolute atomic E-state index is 12.9. The first-order valence-electron chi connectivity index (χ1n) is 8.76. The fourth-order valence-electron chi connectivity index (χ4n) is 2.82. The lowest BCUT2D eigenvalue weighted by atomic mass is 10.2. The summed E-state index contributed by atoms with van der Waals surface area (Å²) in [6, 6.07) is -0.0978. The lowest BCUT2D eigenvalue weighted by Crippen LogP contribution is -2.29. The Balaban J connectivity index is 1.83. The number of fused-ring (bicyclic) bond motifs is 1. The van der Waals surface area contributed by atoms with Crippen LogP contribution >= 0.6 is 11.3 Å². The van der Waals surface area contributed by atoms with E-state index in [4.69, 9.17) is 0 Å². The van der Waals surface area contributed by atoms with Crippen molar-refractivity contribution >= 4 is 22.9 Å². The second-order valence-electron chi connectivity index (χ2n) is 6.21. The first-order chi connectivity index (χ1) is 12.5. The Labute approximate surface area is 157 Å². The molecule has 0 aliphatic heterocycles. The van der Waals surface area contributed by atoms with E-state index in [1.807, 2.05) is 24.7 Å². The van der Waals surface area contributed by atoms with Crippen LogP contribution in [0.3, 0.4) is 0 Å². The molecule has 3 aromatic heterocycles. The monoisotopic (exact) mass is 372 g/mol. The molecule has 26 heavy (non-hydrogen) atoms. The minimum Gasteiger partial charge on any atom is -0.332 e. The Morgan fingerprint density at radius 1 is 1.27 bits per heavy atom. The van der Waals surface area contributed by atoms with Gasteiger partial charge in [0.1, 0.15) is 10.6 Å². The summed E-state index contributed by atoms with van der Waals surface area (Å²) >= 11 is 1.54. The van der Waals surface area contributed by atoms with Crippen LogP contribution in [0.1, 0.15) is 47.7 Å². The maximum Gasteiger partial charge on any atom is 0.259 e. The number of aromatic nitrogens is 4. The summed E-state index contributed by atoms with van der Waals surface area (Å²) in [6.45, 7) is 9.03. The first-order valence-corrected chi connectivity index (χ1v) is 9.64. The quantitative estimate of drug-likeness (QED) is 0.638. The van der Waals surface area contributed by atoms with Gasteiger partial charge < -0.3 is 4.90 Å². The standard InChI is InChI=1S/C18H24N6OS/c1-5-23(6-2)11-14-9-20-16-15(10-21-24(16)12-14)18(25)22(4)13(3)17-19-7-8-26-17/h7-10,12-13H,5-6,11H2,1-4H3. The van der Waals surface area contributed by atoms with E-state index >= 15 is 0 Å². The number of carbonyl (C=O) groups is 1. The van der Waals surface area contributed by atoms with E-state index in [-0.39, 0.29) is 11.9 Å². The van der Waals surface area contributed by atoms with Crippen molar-refractivity contribution in [2.24, 2.45) is 0 Å². The maximum atomic E-state index is 12.9. The van der Waals surface area contributed by atoms with Gasteiger partial charge in [0, 0.05) is 43.1 Å². The third-order valence-electron chi connectivity index (χ3n) is 4.65. The Morgan fingerprint density at radius 2 is 2.04 bits per heavy atom. The molecule has 7 nitrogen and oxygen atoms in total. The number of thiazole rings is 1. The molecule has 0 bridgehead atoms. The summed E-state index contributed by atoms with van der Waals surface area (Å²) in [5.74, 6) is -0.105. The highest BCUT2D eigenvalue weighted by molar-refractivity contribution is 7.09. The predicted octanol–water partition coefficient (Wildman–Crippen LogP) is 2.86. The van der Waals surface area contributed by atoms with Crippen molar-refractivity contribution in [1.29, 1.82) is 0 Å². The fourth-order valence-corrected chi connectivity index (χ4v) is 3.56. The Morgan fingerprint density at radius 3 is 2.69 bits per heavy atom. The van der Waals surface area contributed by atoms with Crippen molar-refractivity contribution in [2.75, 3.05) is 20.1 Å². The average Bonchev–Trinajstić information content (AvgIpc) is 3.33. The molecule has 138 valence electrons. The van der Waals surface area contributed by atoms with Crippen LogP contribution in [0.2, 0.25) is 0 Å². The second kappa shape index (κ2) is 7.92. The molecule has 0 saturated heterocycles. The lowest BCUT2D eigenvalue weighted by molar-refractivity contribution is 0.0744. The number of hydrogen-bond acceptors (Lipinski definition) is 6. The van der Waals surface area contributed by atoms with Crippen molar-refractivity contribution in [3.8, 4) is 0 Å². The Kier molecular flexibility index (Phi) is 5.63. The second-order valence-corrected chi connectivity index (χ2v) is 7.14. The van der Waals surface area contributed by atoms with Crippen LogP contribution < -0.4 is 0 Å². The zero-order valence-electron chi connectivity index (χ0n) is 15.6. The third kappa shape index (κ3) is 3.61. The molecular weight excluding hydrogens is 348 g/mol. The summed E-state index contributed by atoms with van der Waals surface area (Å²) in [6.07, 6.45) is 7.12. The summed E-state index contributed by atoms with van der Waals surface area (Å²) in [5.41, 5.74) is 2.16. The zero-order chi connectivity index (χ0) is 18.7. The minimum atomic E-state index is -0.105. The van der Waals surface area contributed by atoms with Gasteiger partial charge in [-0.3, -0.25) is 9.69 Å². The number of nitrogens with zero attached hydrogens (tertiary/aromatic N) is 6. The zero-order valence-corrected chi connectivity index (χ0v) is 16.4. The largest absolute Gasteiger partial charge is 0.332 e. The van der Waals surface area contributed by atoms with Crippen LogP contribution in [0.15, 0.2) is 30.2 Å². The van der Waals surface area contributed by atoms with E-state index in [0.717, 1.165) is 30.2 Å². The summed E-state index contributed by atoms with van der Waals surface area (Å²) in [7, 11) is 1.78.